The molecular weight excluding hydrogens is 254 g/mol. The van der Waals surface area contributed by atoms with E-state index in [1.165, 1.54) is 24.8 Å². The summed E-state index contributed by atoms with van der Waals surface area (Å²) in [6.07, 6.45) is 7.13. The van der Waals surface area contributed by atoms with Crippen molar-refractivity contribution in [2.24, 2.45) is 0 Å². The van der Waals surface area contributed by atoms with E-state index in [1.807, 2.05) is 37.3 Å². The summed E-state index contributed by atoms with van der Waals surface area (Å²) in [4.78, 5) is 13.2. The number of benzene rings is 1. The summed E-state index contributed by atoms with van der Waals surface area (Å²) in [5.41, 5.74) is 1.39. The third kappa shape index (κ3) is 4.75. The van der Waals surface area contributed by atoms with Crippen LogP contribution in [0.1, 0.15) is 32.6 Å². The predicted octanol–water partition coefficient (Wildman–Crippen LogP) is 3.78. The van der Waals surface area contributed by atoms with Crippen LogP contribution in [0.3, 0.4) is 0 Å². The molecular formula is C16H21NOS. The van der Waals surface area contributed by atoms with Gasteiger partial charge in [-0.2, -0.15) is 0 Å². The second-order valence-corrected chi connectivity index (χ2v) is 6.31. The Labute approximate surface area is 119 Å². The molecule has 0 aliphatic heterocycles. The predicted molar refractivity (Wildman–Crippen MR) is 81.3 cm³/mol. The standard InChI is InChI=1S/C16H21NOS/c1-13(19-15-10-6-3-7-11-15)16(18)17-12-14-8-4-2-5-9-14/h3,6-8,10-11,13H,2,4-5,9,12H2,1H3,(H,17,18)/t13-/m0/s1. The highest BCUT2D eigenvalue weighted by Crippen LogP contribution is 2.23. The molecule has 1 aromatic rings. The molecule has 1 amide bonds. The normalized spacial score (nSPS) is 16.6. The highest BCUT2D eigenvalue weighted by molar-refractivity contribution is 8.00. The van der Waals surface area contributed by atoms with Gasteiger partial charge >= 0.3 is 0 Å². The highest BCUT2D eigenvalue weighted by atomic mass is 32.2. The number of hydrogen-bond donors (Lipinski definition) is 1. The number of allylic oxidation sites excluding steroid dienone is 1. The van der Waals surface area contributed by atoms with Crippen LogP contribution in [-0.4, -0.2) is 17.7 Å². The van der Waals surface area contributed by atoms with E-state index in [4.69, 9.17) is 0 Å². The topological polar surface area (TPSA) is 29.1 Å². The first-order valence-corrected chi connectivity index (χ1v) is 7.81. The average molecular weight is 275 g/mol. The van der Waals surface area contributed by atoms with Gasteiger partial charge in [0.2, 0.25) is 5.91 Å². The zero-order valence-electron chi connectivity index (χ0n) is 11.4. The number of rotatable bonds is 5. The smallest absolute Gasteiger partial charge is 0.233 e. The van der Waals surface area contributed by atoms with Crippen molar-refractivity contribution >= 4 is 17.7 Å². The molecule has 0 saturated carbocycles. The van der Waals surface area contributed by atoms with Gasteiger partial charge in [0, 0.05) is 11.4 Å². The molecule has 3 heteroatoms. The van der Waals surface area contributed by atoms with Crippen molar-refractivity contribution in [3.05, 3.63) is 42.0 Å². The number of hydrogen-bond acceptors (Lipinski definition) is 2. The number of carbonyl (C=O) groups excluding carboxylic acids is 1. The molecule has 0 radical (unpaired) electrons. The number of carbonyl (C=O) groups is 1. The Morgan fingerprint density at radius 2 is 2.11 bits per heavy atom. The van der Waals surface area contributed by atoms with Crippen molar-refractivity contribution in [3.8, 4) is 0 Å². The van der Waals surface area contributed by atoms with Crippen LogP contribution in [0.5, 0.6) is 0 Å². The van der Waals surface area contributed by atoms with Crippen LogP contribution in [0.15, 0.2) is 46.9 Å². The van der Waals surface area contributed by atoms with Gasteiger partial charge in [-0.05, 0) is 44.7 Å². The molecule has 1 atom stereocenters. The van der Waals surface area contributed by atoms with Crippen molar-refractivity contribution in [2.75, 3.05) is 6.54 Å². The van der Waals surface area contributed by atoms with Crippen LogP contribution >= 0.6 is 11.8 Å². The molecule has 1 aliphatic carbocycles. The quantitative estimate of drug-likeness (QED) is 0.654. The average Bonchev–Trinajstić information content (AvgIpc) is 2.47. The van der Waals surface area contributed by atoms with Crippen LogP contribution in [-0.2, 0) is 4.79 Å². The van der Waals surface area contributed by atoms with E-state index in [-0.39, 0.29) is 11.2 Å². The Hall–Kier alpha value is -1.22. The lowest BCUT2D eigenvalue weighted by atomic mass is 10.00. The molecule has 1 aliphatic rings. The Morgan fingerprint density at radius 1 is 1.32 bits per heavy atom. The molecule has 0 fully saturated rings. The monoisotopic (exact) mass is 275 g/mol. The minimum absolute atomic E-state index is 0.0495. The molecule has 0 heterocycles. The summed E-state index contributed by atoms with van der Waals surface area (Å²) in [5.74, 6) is 0.125. The SMILES string of the molecule is C[C@H](Sc1ccccc1)C(=O)NCC1=CCCCC1. The molecule has 19 heavy (non-hydrogen) atoms. The van der Waals surface area contributed by atoms with Crippen molar-refractivity contribution in [1.82, 2.24) is 5.32 Å². The molecule has 1 N–H and O–H groups in total. The van der Waals surface area contributed by atoms with Crippen LogP contribution in [0, 0.1) is 0 Å². The zero-order chi connectivity index (χ0) is 13.5. The van der Waals surface area contributed by atoms with Gasteiger partial charge in [-0.25, -0.2) is 0 Å². The first kappa shape index (κ1) is 14.2. The van der Waals surface area contributed by atoms with E-state index in [9.17, 15) is 4.79 Å². The van der Waals surface area contributed by atoms with E-state index in [0.717, 1.165) is 17.9 Å². The van der Waals surface area contributed by atoms with E-state index < -0.39 is 0 Å². The van der Waals surface area contributed by atoms with Gasteiger partial charge < -0.3 is 5.32 Å². The summed E-state index contributed by atoms with van der Waals surface area (Å²) in [6, 6.07) is 10.1. The maximum absolute atomic E-state index is 12.0. The van der Waals surface area contributed by atoms with Crippen molar-refractivity contribution in [1.29, 1.82) is 0 Å². The fraction of sp³-hybridized carbons (Fsp3) is 0.438. The summed E-state index contributed by atoms with van der Waals surface area (Å²) >= 11 is 1.61. The van der Waals surface area contributed by atoms with Crippen LogP contribution in [0.4, 0.5) is 0 Å². The lowest BCUT2D eigenvalue weighted by Crippen LogP contribution is -2.32. The lowest BCUT2D eigenvalue weighted by Gasteiger charge is -2.15. The summed E-state index contributed by atoms with van der Waals surface area (Å²) < 4.78 is 0. The fourth-order valence-corrected chi connectivity index (χ4v) is 3.08. The van der Waals surface area contributed by atoms with Gasteiger partial charge in [-0.15, -0.1) is 11.8 Å². The molecule has 1 aromatic carbocycles. The Kier molecular flexibility index (Phi) is 5.52. The first-order chi connectivity index (χ1) is 9.25. The van der Waals surface area contributed by atoms with Crippen LogP contribution in [0.2, 0.25) is 0 Å². The van der Waals surface area contributed by atoms with Gasteiger partial charge in [0.15, 0.2) is 0 Å². The fourth-order valence-electron chi connectivity index (χ4n) is 2.17. The molecule has 0 spiro atoms. The van der Waals surface area contributed by atoms with E-state index in [1.54, 1.807) is 11.8 Å². The minimum Gasteiger partial charge on any atom is -0.351 e. The summed E-state index contributed by atoms with van der Waals surface area (Å²) in [5, 5.41) is 2.99. The molecule has 2 rings (SSSR count). The number of nitrogens with one attached hydrogen (secondary N) is 1. The van der Waals surface area contributed by atoms with Gasteiger partial charge in [-0.3, -0.25) is 4.79 Å². The Balaban J connectivity index is 1.77. The molecule has 0 saturated heterocycles. The highest BCUT2D eigenvalue weighted by Gasteiger charge is 2.14. The molecule has 0 unspecified atom stereocenters. The van der Waals surface area contributed by atoms with E-state index in [2.05, 4.69) is 11.4 Å². The minimum atomic E-state index is -0.0495. The third-order valence-electron chi connectivity index (χ3n) is 3.30. The van der Waals surface area contributed by atoms with E-state index >= 15 is 0 Å². The Morgan fingerprint density at radius 3 is 2.79 bits per heavy atom. The lowest BCUT2D eigenvalue weighted by molar-refractivity contribution is -0.120. The molecule has 102 valence electrons. The summed E-state index contributed by atoms with van der Waals surface area (Å²) in [6.45, 7) is 2.68. The third-order valence-corrected chi connectivity index (χ3v) is 4.41. The van der Waals surface area contributed by atoms with E-state index in [0.29, 0.717) is 0 Å². The van der Waals surface area contributed by atoms with Gasteiger partial charge in [0.05, 0.1) is 5.25 Å². The summed E-state index contributed by atoms with van der Waals surface area (Å²) in [7, 11) is 0. The second-order valence-electron chi connectivity index (χ2n) is 4.90. The van der Waals surface area contributed by atoms with Gasteiger partial charge in [-0.1, -0.05) is 29.8 Å². The zero-order valence-corrected chi connectivity index (χ0v) is 12.2. The van der Waals surface area contributed by atoms with Crippen LogP contribution < -0.4 is 5.32 Å². The molecule has 2 nitrogen and oxygen atoms in total. The first-order valence-electron chi connectivity index (χ1n) is 6.93. The van der Waals surface area contributed by atoms with Crippen molar-refractivity contribution in [3.63, 3.8) is 0 Å². The Bertz CT molecular complexity index is 441. The largest absolute Gasteiger partial charge is 0.351 e. The van der Waals surface area contributed by atoms with Gasteiger partial charge in [0.1, 0.15) is 0 Å². The van der Waals surface area contributed by atoms with Gasteiger partial charge in [0.25, 0.3) is 0 Å². The number of thioether (sulfide) groups is 1. The second kappa shape index (κ2) is 7.39. The molecule has 0 aromatic heterocycles. The maximum Gasteiger partial charge on any atom is 0.233 e. The number of amides is 1. The molecule has 0 bridgehead atoms. The maximum atomic E-state index is 12.0. The van der Waals surface area contributed by atoms with Crippen molar-refractivity contribution < 1.29 is 4.79 Å². The van der Waals surface area contributed by atoms with Crippen LogP contribution in [0.25, 0.3) is 0 Å². The van der Waals surface area contributed by atoms with Crippen molar-refractivity contribution in [2.45, 2.75) is 42.8 Å².